The van der Waals surface area contributed by atoms with Crippen LogP contribution in [0, 0.1) is 0 Å². The molecule has 0 saturated heterocycles. The summed E-state index contributed by atoms with van der Waals surface area (Å²) in [6, 6.07) is 2.29. The number of thioether (sulfide) groups is 1. The van der Waals surface area contributed by atoms with Crippen molar-refractivity contribution < 1.29 is 0 Å². The van der Waals surface area contributed by atoms with Crippen LogP contribution in [0.4, 0.5) is 11.5 Å². The molecule has 7 heteroatoms. The van der Waals surface area contributed by atoms with E-state index in [0.717, 1.165) is 11.7 Å². The molecule has 1 fully saturated rings. The Hall–Kier alpha value is -1.76. The summed E-state index contributed by atoms with van der Waals surface area (Å²) in [4.78, 5) is 8.51. The molecule has 3 rings (SSSR count). The van der Waals surface area contributed by atoms with E-state index < -0.39 is 0 Å². The van der Waals surface area contributed by atoms with Gasteiger partial charge in [-0.1, -0.05) is 6.92 Å². The van der Waals surface area contributed by atoms with Crippen molar-refractivity contribution in [3.63, 3.8) is 0 Å². The van der Waals surface area contributed by atoms with Gasteiger partial charge < -0.3 is 11.1 Å². The number of aromatic nitrogens is 4. The molecule has 0 bridgehead atoms. The van der Waals surface area contributed by atoms with Crippen LogP contribution < -0.4 is 11.1 Å². The average molecular weight is 304 g/mol. The molecular weight excluding hydrogens is 284 g/mol. The van der Waals surface area contributed by atoms with Crippen LogP contribution in [0.3, 0.4) is 0 Å². The van der Waals surface area contributed by atoms with Gasteiger partial charge in [0.1, 0.15) is 12.0 Å². The lowest BCUT2D eigenvalue weighted by Crippen LogP contribution is -2.19. The van der Waals surface area contributed by atoms with Gasteiger partial charge in [-0.2, -0.15) is 16.9 Å². The third-order valence-electron chi connectivity index (χ3n) is 3.71. The molecule has 3 N–H and O–H groups in total. The fraction of sp³-hybridized carbons (Fsp3) is 0.500. The molecule has 1 aliphatic rings. The zero-order chi connectivity index (χ0) is 14.7. The number of hydrogen-bond donors (Lipinski definition) is 2. The summed E-state index contributed by atoms with van der Waals surface area (Å²) in [6.45, 7) is 2.21. The number of nitrogens with zero attached hydrogens (tertiary/aromatic N) is 4. The van der Waals surface area contributed by atoms with Gasteiger partial charge in [-0.05, 0) is 31.1 Å². The van der Waals surface area contributed by atoms with Crippen molar-refractivity contribution in [2.75, 3.05) is 16.8 Å². The first-order valence-corrected chi connectivity index (χ1v) is 8.31. The molecule has 0 aliphatic heterocycles. The second kappa shape index (κ2) is 6.34. The Bertz CT molecular complexity index is 585. The quantitative estimate of drug-likeness (QED) is 0.882. The van der Waals surface area contributed by atoms with E-state index in [4.69, 9.17) is 5.73 Å². The van der Waals surface area contributed by atoms with E-state index >= 15 is 0 Å². The predicted octanol–water partition coefficient (Wildman–Crippen LogP) is 2.33. The standard InChI is InChI=1S/C14H20N6S/c1-2-21-11-5-4-10(8-11)19-13-12(15)14(17-9-16-13)20-7-3-6-18-20/h3,6-7,9-11H,2,4-5,8,15H2,1H3,(H,16,17,19)/t10-,11+/m0/s1. The molecule has 0 unspecified atom stereocenters. The Balaban J connectivity index is 1.73. The van der Waals surface area contributed by atoms with E-state index in [-0.39, 0.29) is 0 Å². The second-order valence-electron chi connectivity index (χ2n) is 5.14. The Labute approximate surface area is 128 Å². The van der Waals surface area contributed by atoms with Gasteiger partial charge in [0.05, 0.1) is 0 Å². The van der Waals surface area contributed by atoms with E-state index in [1.807, 2.05) is 24.0 Å². The second-order valence-corrected chi connectivity index (χ2v) is 6.72. The van der Waals surface area contributed by atoms with Gasteiger partial charge in [-0.15, -0.1) is 0 Å². The number of nitrogen functional groups attached to an aromatic ring is 1. The van der Waals surface area contributed by atoms with E-state index in [9.17, 15) is 0 Å². The first kappa shape index (κ1) is 14.2. The van der Waals surface area contributed by atoms with Gasteiger partial charge in [-0.25, -0.2) is 14.6 Å². The SMILES string of the molecule is CCS[C@@H]1CC[C@H](Nc2ncnc(-n3cccn3)c2N)C1. The predicted molar refractivity (Wildman–Crippen MR) is 86.7 cm³/mol. The molecule has 2 aromatic rings. The monoisotopic (exact) mass is 304 g/mol. The van der Waals surface area contributed by atoms with Crippen molar-refractivity contribution in [3.05, 3.63) is 24.8 Å². The Morgan fingerprint density at radius 2 is 2.33 bits per heavy atom. The van der Waals surface area contributed by atoms with Crippen molar-refractivity contribution in [1.82, 2.24) is 19.7 Å². The molecular formula is C14H20N6S. The summed E-state index contributed by atoms with van der Waals surface area (Å²) in [5.41, 5.74) is 6.74. The third kappa shape index (κ3) is 3.12. The van der Waals surface area contributed by atoms with Gasteiger partial charge >= 0.3 is 0 Å². The van der Waals surface area contributed by atoms with E-state index in [1.165, 1.54) is 24.9 Å². The fourth-order valence-electron chi connectivity index (χ4n) is 2.73. The van der Waals surface area contributed by atoms with Crippen LogP contribution in [0.15, 0.2) is 24.8 Å². The highest BCUT2D eigenvalue weighted by Crippen LogP contribution is 2.32. The summed E-state index contributed by atoms with van der Waals surface area (Å²) >= 11 is 2.04. The molecule has 6 nitrogen and oxygen atoms in total. The summed E-state index contributed by atoms with van der Waals surface area (Å²) < 4.78 is 1.66. The van der Waals surface area contributed by atoms with E-state index in [1.54, 1.807) is 10.9 Å². The highest BCUT2D eigenvalue weighted by molar-refractivity contribution is 7.99. The van der Waals surface area contributed by atoms with Crippen molar-refractivity contribution in [3.8, 4) is 5.82 Å². The van der Waals surface area contributed by atoms with Crippen LogP contribution in [0.2, 0.25) is 0 Å². The van der Waals surface area contributed by atoms with E-state index in [2.05, 4.69) is 27.3 Å². The molecule has 2 atom stereocenters. The molecule has 1 saturated carbocycles. The van der Waals surface area contributed by atoms with Crippen LogP contribution in [0.5, 0.6) is 0 Å². The number of hydrogen-bond acceptors (Lipinski definition) is 6. The van der Waals surface area contributed by atoms with Gasteiger partial charge in [0, 0.05) is 23.7 Å². The Morgan fingerprint density at radius 3 is 3.10 bits per heavy atom. The minimum absolute atomic E-state index is 0.441. The summed E-state index contributed by atoms with van der Waals surface area (Å²) in [5, 5.41) is 8.39. The number of nitrogens with one attached hydrogen (secondary N) is 1. The van der Waals surface area contributed by atoms with Crippen LogP contribution in [0.25, 0.3) is 5.82 Å². The lowest BCUT2D eigenvalue weighted by atomic mass is 10.2. The first-order chi connectivity index (χ1) is 10.3. The maximum atomic E-state index is 6.19. The number of nitrogens with two attached hydrogens (primary N) is 1. The van der Waals surface area contributed by atoms with Gasteiger partial charge in [0.25, 0.3) is 0 Å². The van der Waals surface area contributed by atoms with Crippen molar-refractivity contribution >= 4 is 23.3 Å². The summed E-state index contributed by atoms with van der Waals surface area (Å²) in [7, 11) is 0. The van der Waals surface area contributed by atoms with Crippen LogP contribution in [0.1, 0.15) is 26.2 Å². The Morgan fingerprint density at radius 1 is 1.43 bits per heavy atom. The molecule has 0 spiro atoms. The van der Waals surface area contributed by atoms with Crippen LogP contribution >= 0.6 is 11.8 Å². The maximum Gasteiger partial charge on any atom is 0.181 e. The number of rotatable bonds is 5. The molecule has 0 aromatic carbocycles. The minimum atomic E-state index is 0.441. The zero-order valence-electron chi connectivity index (χ0n) is 12.1. The molecule has 2 aromatic heterocycles. The lowest BCUT2D eigenvalue weighted by molar-refractivity contribution is 0.750. The van der Waals surface area contributed by atoms with Crippen LogP contribution in [-0.4, -0.2) is 36.8 Å². The molecule has 2 heterocycles. The smallest absolute Gasteiger partial charge is 0.181 e. The molecule has 1 aliphatic carbocycles. The van der Waals surface area contributed by atoms with Crippen molar-refractivity contribution in [2.45, 2.75) is 37.5 Å². The fourth-order valence-corrected chi connectivity index (χ4v) is 3.87. The highest BCUT2D eigenvalue weighted by atomic mass is 32.2. The van der Waals surface area contributed by atoms with Crippen molar-refractivity contribution in [2.24, 2.45) is 0 Å². The Kier molecular flexibility index (Phi) is 4.28. The summed E-state index contributed by atoms with van der Waals surface area (Å²) in [6.07, 6.45) is 8.65. The maximum absolute atomic E-state index is 6.19. The molecule has 0 radical (unpaired) electrons. The third-order valence-corrected chi connectivity index (χ3v) is 4.94. The average Bonchev–Trinajstić information content (AvgIpc) is 3.13. The van der Waals surface area contributed by atoms with E-state index in [0.29, 0.717) is 23.4 Å². The topological polar surface area (TPSA) is 81.7 Å². The highest BCUT2D eigenvalue weighted by Gasteiger charge is 2.25. The minimum Gasteiger partial charge on any atom is -0.393 e. The lowest BCUT2D eigenvalue weighted by Gasteiger charge is -2.16. The first-order valence-electron chi connectivity index (χ1n) is 7.26. The largest absolute Gasteiger partial charge is 0.393 e. The molecule has 0 amide bonds. The van der Waals surface area contributed by atoms with Gasteiger partial charge in [0.15, 0.2) is 11.6 Å². The zero-order valence-corrected chi connectivity index (χ0v) is 12.9. The van der Waals surface area contributed by atoms with Gasteiger partial charge in [0.2, 0.25) is 0 Å². The molecule has 112 valence electrons. The normalized spacial score (nSPS) is 21.6. The number of anilines is 2. The molecule has 21 heavy (non-hydrogen) atoms. The van der Waals surface area contributed by atoms with Crippen molar-refractivity contribution in [1.29, 1.82) is 0 Å². The summed E-state index contributed by atoms with van der Waals surface area (Å²) in [5.74, 6) is 2.51. The van der Waals surface area contributed by atoms with Crippen LogP contribution in [-0.2, 0) is 0 Å². The van der Waals surface area contributed by atoms with Gasteiger partial charge in [-0.3, -0.25) is 0 Å².